The Morgan fingerprint density at radius 1 is 1.04 bits per heavy atom. The van der Waals surface area contributed by atoms with Crippen molar-refractivity contribution in [3.63, 3.8) is 0 Å². The molecule has 3 rings (SSSR count). The Balaban J connectivity index is 1.78. The highest BCUT2D eigenvalue weighted by Crippen LogP contribution is 2.18. The predicted octanol–water partition coefficient (Wildman–Crippen LogP) is 3.34. The predicted molar refractivity (Wildman–Crippen MR) is 94.0 cm³/mol. The summed E-state index contributed by atoms with van der Waals surface area (Å²) in [5, 5.41) is 7.39. The van der Waals surface area contributed by atoms with Gasteiger partial charge in [-0.1, -0.05) is 23.7 Å². The normalized spacial score (nSPS) is 10.5. The van der Waals surface area contributed by atoms with E-state index in [0.717, 1.165) is 10.2 Å². The lowest BCUT2D eigenvalue weighted by atomic mass is 10.1. The number of anilines is 1. The molecule has 25 heavy (non-hydrogen) atoms. The average molecular weight is 358 g/mol. The largest absolute Gasteiger partial charge is 0.324 e. The van der Waals surface area contributed by atoms with Crippen molar-refractivity contribution in [3.8, 4) is 11.3 Å². The minimum atomic E-state index is -0.436. The number of aromatic nitrogens is 2. The van der Waals surface area contributed by atoms with Crippen LogP contribution >= 0.6 is 11.6 Å². The standard InChI is InChI=1S/C18H13ClFN3O2/c19-13-3-1-12(2-4-13)16-9-10-18(25)23(22-16)11-17(24)21-15-7-5-14(20)6-8-15/h1-10H,11H2,(H,21,24). The summed E-state index contributed by atoms with van der Waals surface area (Å²) in [6, 6.07) is 15.3. The van der Waals surface area contributed by atoms with Gasteiger partial charge in [0.1, 0.15) is 12.4 Å². The lowest BCUT2D eigenvalue weighted by Gasteiger charge is -2.08. The summed E-state index contributed by atoms with van der Waals surface area (Å²) < 4.78 is 14.0. The molecule has 5 nitrogen and oxygen atoms in total. The maximum atomic E-state index is 12.9. The SMILES string of the molecule is O=C(Cn1nc(-c2ccc(Cl)cc2)ccc1=O)Nc1ccc(F)cc1. The quantitative estimate of drug-likeness (QED) is 0.778. The van der Waals surface area contributed by atoms with Crippen LogP contribution < -0.4 is 10.9 Å². The monoisotopic (exact) mass is 357 g/mol. The van der Waals surface area contributed by atoms with Crippen LogP contribution in [0.15, 0.2) is 65.5 Å². The Morgan fingerprint density at radius 2 is 1.72 bits per heavy atom. The number of hydrogen-bond donors (Lipinski definition) is 1. The summed E-state index contributed by atoms with van der Waals surface area (Å²) in [6.45, 7) is -0.252. The molecule has 0 aliphatic heterocycles. The first-order valence-electron chi connectivity index (χ1n) is 7.41. The summed E-state index contributed by atoms with van der Waals surface area (Å²) in [6.07, 6.45) is 0. The number of rotatable bonds is 4. The van der Waals surface area contributed by atoms with Crippen molar-refractivity contribution in [2.75, 3.05) is 5.32 Å². The Kier molecular flexibility index (Phi) is 4.90. The molecule has 0 bridgehead atoms. The second-order valence-corrected chi connectivity index (χ2v) is 5.71. The molecule has 0 fully saturated rings. The van der Waals surface area contributed by atoms with Crippen molar-refractivity contribution in [2.24, 2.45) is 0 Å². The molecular weight excluding hydrogens is 345 g/mol. The van der Waals surface area contributed by atoms with E-state index in [1.807, 2.05) is 0 Å². The molecule has 0 radical (unpaired) electrons. The Morgan fingerprint density at radius 3 is 2.40 bits per heavy atom. The highest BCUT2D eigenvalue weighted by Gasteiger charge is 2.08. The molecule has 3 aromatic rings. The van der Waals surface area contributed by atoms with Crippen LogP contribution in [0.1, 0.15) is 0 Å². The number of nitrogens with zero attached hydrogens (tertiary/aromatic N) is 2. The van der Waals surface area contributed by atoms with Crippen molar-refractivity contribution in [1.29, 1.82) is 0 Å². The van der Waals surface area contributed by atoms with Crippen LogP contribution in [0.4, 0.5) is 10.1 Å². The molecular formula is C18H13ClFN3O2. The number of carbonyl (C=O) groups excluding carboxylic acids is 1. The van der Waals surface area contributed by atoms with Crippen molar-refractivity contribution in [1.82, 2.24) is 9.78 Å². The highest BCUT2D eigenvalue weighted by atomic mass is 35.5. The van der Waals surface area contributed by atoms with Crippen molar-refractivity contribution < 1.29 is 9.18 Å². The first-order chi connectivity index (χ1) is 12.0. The number of halogens is 2. The lowest BCUT2D eigenvalue weighted by Crippen LogP contribution is -2.29. The maximum absolute atomic E-state index is 12.9. The highest BCUT2D eigenvalue weighted by molar-refractivity contribution is 6.30. The fraction of sp³-hybridized carbons (Fsp3) is 0.0556. The zero-order valence-corrected chi connectivity index (χ0v) is 13.7. The number of amides is 1. The number of nitrogens with one attached hydrogen (secondary N) is 1. The van der Waals surface area contributed by atoms with Crippen molar-refractivity contribution in [2.45, 2.75) is 6.54 Å². The average Bonchev–Trinajstić information content (AvgIpc) is 2.60. The van der Waals surface area contributed by atoms with Crippen LogP contribution in [0.5, 0.6) is 0 Å². The third-order valence-corrected chi connectivity index (χ3v) is 3.68. The summed E-state index contributed by atoms with van der Waals surface area (Å²) in [5.74, 6) is -0.832. The molecule has 0 unspecified atom stereocenters. The second-order valence-electron chi connectivity index (χ2n) is 5.28. The van der Waals surface area contributed by atoms with Gasteiger partial charge in [0.25, 0.3) is 5.56 Å². The fourth-order valence-electron chi connectivity index (χ4n) is 2.21. The van der Waals surface area contributed by atoms with Gasteiger partial charge >= 0.3 is 0 Å². The Bertz CT molecular complexity index is 953. The van der Waals surface area contributed by atoms with E-state index in [0.29, 0.717) is 16.4 Å². The molecule has 0 spiro atoms. The van der Waals surface area contributed by atoms with Crippen LogP contribution in [0.3, 0.4) is 0 Å². The van der Waals surface area contributed by atoms with Crippen LogP contribution in [-0.4, -0.2) is 15.7 Å². The van der Waals surface area contributed by atoms with E-state index < -0.39 is 17.3 Å². The number of hydrogen-bond acceptors (Lipinski definition) is 3. The van der Waals surface area contributed by atoms with E-state index in [1.165, 1.54) is 30.3 Å². The van der Waals surface area contributed by atoms with Gasteiger partial charge in [0.15, 0.2) is 0 Å². The molecule has 2 aromatic carbocycles. The van der Waals surface area contributed by atoms with Gasteiger partial charge in [-0.3, -0.25) is 9.59 Å². The molecule has 0 saturated carbocycles. The molecule has 7 heteroatoms. The third-order valence-electron chi connectivity index (χ3n) is 3.43. The molecule has 1 aromatic heterocycles. The van der Waals surface area contributed by atoms with Gasteiger partial charge in [-0.15, -0.1) is 0 Å². The van der Waals surface area contributed by atoms with Crippen molar-refractivity contribution in [3.05, 3.63) is 81.9 Å². The molecule has 1 heterocycles. The number of benzene rings is 2. The molecule has 1 N–H and O–H groups in total. The molecule has 0 atom stereocenters. The third kappa shape index (κ3) is 4.30. The van der Waals surface area contributed by atoms with E-state index in [-0.39, 0.29) is 6.54 Å². The minimum absolute atomic E-state index is 0.252. The summed E-state index contributed by atoms with van der Waals surface area (Å²) >= 11 is 5.86. The van der Waals surface area contributed by atoms with Gasteiger partial charge in [-0.05, 0) is 42.5 Å². The lowest BCUT2D eigenvalue weighted by molar-refractivity contribution is -0.117. The zero-order chi connectivity index (χ0) is 17.8. The van der Waals surface area contributed by atoms with Crippen LogP contribution in [-0.2, 0) is 11.3 Å². The minimum Gasteiger partial charge on any atom is -0.324 e. The first-order valence-corrected chi connectivity index (χ1v) is 7.78. The van der Waals surface area contributed by atoms with Crippen LogP contribution in [0, 0.1) is 5.82 Å². The topological polar surface area (TPSA) is 64.0 Å². The summed E-state index contributed by atoms with van der Waals surface area (Å²) in [7, 11) is 0. The second kappa shape index (κ2) is 7.27. The maximum Gasteiger partial charge on any atom is 0.267 e. The van der Waals surface area contributed by atoms with Crippen LogP contribution in [0.25, 0.3) is 11.3 Å². The Hall–Kier alpha value is -2.99. The fourth-order valence-corrected chi connectivity index (χ4v) is 2.33. The van der Waals surface area contributed by atoms with E-state index >= 15 is 0 Å². The zero-order valence-electron chi connectivity index (χ0n) is 12.9. The molecule has 0 aliphatic rings. The van der Waals surface area contributed by atoms with Crippen molar-refractivity contribution >= 4 is 23.2 Å². The van der Waals surface area contributed by atoms with Gasteiger partial charge in [0, 0.05) is 22.3 Å². The molecule has 0 saturated heterocycles. The van der Waals surface area contributed by atoms with Gasteiger partial charge in [0.2, 0.25) is 5.91 Å². The van der Waals surface area contributed by atoms with E-state index in [9.17, 15) is 14.0 Å². The van der Waals surface area contributed by atoms with E-state index in [1.54, 1.807) is 30.3 Å². The van der Waals surface area contributed by atoms with Gasteiger partial charge in [-0.25, -0.2) is 9.07 Å². The van der Waals surface area contributed by atoms with Gasteiger partial charge in [-0.2, -0.15) is 5.10 Å². The van der Waals surface area contributed by atoms with Gasteiger partial charge in [0.05, 0.1) is 5.69 Å². The molecule has 1 amide bonds. The number of carbonyl (C=O) groups is 1. The first kappa shape index (κ1) is 16.9. The Labute approximate surface area is 147 Å². The summed E-state index contributed by atoms with van der Waals surface area (Å²) in [4.78, 5) is 24.0. The molecule has 126 valence electrons. The molecule has 0 aliphatic carbocycles. The van der Waals surface area contributed by atoms with E-state index in [2.05, 4.69) is 10.4 Å². The van der Waals surface area contributed by atoms with Crippen LogP contribution in [0.2, 0.25) is 5.02 Å². The van der Waals surface area contributed by atoms with E-state index in [4.69, 9.17) is 11.6 Å². The summed E-state index contributed by atoms with van der Waals surface area (Å²) in [5.41, 5.74) is 1.36. The smallest absolute Gasteiger partial charge is 0.267 e. The van der Waals surface area contributed by atoms with Gasteiger partial charge < -0.3 is 5.32 Å².